The Labute approximate surface area is 143 Å². The molecule has 4 aromatic heterocycles. The van der Waals surface area contributed by atoms with Crippen molar-refractivity contribution in [1.29, 1.82) is 0 Å². The number of pyridine rings is 2. The van der Waals surface area contributed by atoms with Gasteiger partial charge < -0.3 is 5.32 Å². The van der Waals surface area contributed by atoms with Crippen molar-refractivity contribution < 1.29 is 4.79 Å². The average molecular weight is 335 g/mol. The van der Waals surface area contributed by atoms with Crippen molar-refractivity contribution in [3.63, 3.8) is 0 Å². The first-order valence-electron chi connectivity index (χ1n) is 7.91. The summed E-state index contributed by atoms with van der Waals surface area (Å²) in [5, 5.41) is 16.1. The standard InChI is InChI=1S/C17H17N7O/c1-9-7-12(14-10(2)23-24(3)16(14)20-9)17(25)19-8-13-11-5-4-6-18-15(11)22-21-13/h4-7H,8H2,1-3H3,(H,19,25)(H,18,21,22). The molecule has 4 aromatic rings. The number of hydrogen-bond acceptors (Lipinski definition) is 5. The van der Waals surface area contributed by atoms with Gasteiger partial charge >= 0.3 is 0 Å². The number of H-pyrrole nitrogens is 1. The van der Waals surface area contributed by atoms with E-state index in [1.54, 1.807) is 16.9 Å². The Bertz CT molecular complexity index is 1110. The van der Waals surface area contributed by atoms with Crippen LogP contribution in [-0.4, -0.2) is 35.9 Å². The molecule has 0 atom stereocenters. The van der Waals surface area contributed by atoms with E-state index in [0.29, 0.717) is 23.4 Å². The molecule has 0 bridgehead atoms. The van der Waals surface area contributed by atoms with E-state index in [-0.39, 0.29) is 5.91 Å². The Morgan fingerprint density at radius 1 is 1.36 bits per heavy atom. The second-order valence-electron chi connectivity index (χ2n) is 5.98. The maximum absolute atomic E-state index is 12.8. The highest BCUT2D eigenvalue weighted by Gasteiger charge is 2.18. The molecule has 0 radical (unpaired) electrons. The highest BCUT2D eigenvalue weighted by Crippen LogP contribution is 2.22. The zero-order valence-corrected chi connectivity index (χ0v) is 14.2. The minimum atomic E-state index is -0.168. The number of hydrogen-bond donors (Lipinski definition) is 2. The summed E-state index contributed by atoms with van der Waals surface area (Å²) < 4.78 is 1.70. The molecule has 0 aliphatic carbocycles. The van der Waals surface area contributed by atoms with E-state index in [0.717, 1.165) is 27.9 Å². The van der Waals surface area contributed by atoms with Gasteiger partial charge in [-0.25, -0.2) is 9.97 Å². The van der Waals surface area contributed by atoms with Gasteiger partial charge in [-0.15, -0.1) is 0 Å². The molecule has 0 fully saturated rings. The molecule has 0 aliphatic heterocycles. The van der Waals surface area contributed by atoms with Crippen LogP contribution in [0.4, 0.5) is 0 Å². The van der Waals surface area contributed by atoms with Gasteiger partial charge in [0.15, 0.2) is 11.3 Å². The largest absolute Gasteiger partial charge is 0.346 e. The summed E-state index contributed by atoms with van der Waals surface area (Å²) in [5.41, 5.74) is 4.30. The lowest BCUT2D eigenvalue weighted by Crippen LogP contribution is -2.23. The van der Waals surface area contributed by atoms with Gasteiger partial charge in [0.25, 0.3) is 5.91 Å². The van der Waals surface area contributed by atoms with E-state index in [9.17, 15) is 4.79 Å². The Morgan fingerprint density at radius 3 is 3.04 bits per heavy atom. The van der Waals surface area contributed by atoms with Crippen LogP contribution in [-0.2, 0) is 13.6 Å². The molecule has 0 aliphatic rings. The van der Waals surface area contributed by atoms with E-state index in [2.05, 4.69) is 30.6 Å². The predicted molar refractivity (Wildman–Crippen MR) is 93.0 cm³/mol. The number of aromatic nitrogens is 6. The van der Waals surface area contributed by atoms with Gasteiger partial charge in [0.1, 0.15) is 0 Å². The van der Waals surface area contributed by atoms with Gasteiger partial charge in [-0.1, -0.05) is 0 Å². The highest BCUT2D eigenvalue weighted by molar-refractivity contribution is 6.06. The minimum Gasteiger partial charge on any atom is -0.346 e. The molecule has 4 heterocycles. The monoisotopic (exact) mass is 335 g/mol. The third-order valence-corrected chi connectivity index (χ3v) is 4.18. The van der Waals surface area contributed by atoms with E-state index in [1.807, 2.05) is 33.0 Å². The molecular weight excluding hydrogens is 318 g/mol. The fraction of sp³-hybridized carbons (Fsp3) is 0.235. The number of nitrogens with zero attached hydrogens (tertiary/aromatic N) is 5. The molecule has 25 heavy (non-hydrogen) atoms. The Balaban J connectivity index is 1.66. The highest BCUT2D eigenvalue weighted by atomic mass is 16.1. The lowest BCUT2D eigenvalue weighted by molar-refractivity contribution is 0.0952. The third kappa shape index (κ3) is 2.51. The molecule has 8 nitrogen and oxygen atoms in total. The molecule has 0 unspecified atom stereocenters. The Hall–Kier alpha value is -3.29. The average Bonchev–Trinajstić information content (AvgIpc) is 3.13. The molecular formula is C17H17N7O. The number of nitrogens with one attached hydrogen (secondary N) is 2. The molecule has 0 saturated carbocycles. The van der Waals surface area contributed by atoms with Crippen molar-refractivity contribution in [3.8, 4) is 0 Å². The number of rotatable bonds is 3. The van der Waals surface area contributed by atoms with Crippen molar-refractivity contribution in [2.24, 2.45) is 7.05 Å². The molecule has 1 amide bonds. The van der Waals surface area contributed by atoms with Crippen molar-refractivity contribution in [2.75, 3.05) is 0 Å². The number of fused-ring (bicyclic) bond motifs is 2. The Morgan fingerprint density at radius 2 is 2.20 bits per heavy atom. The summed E-state index contributed by atoms with van der Waals surface area (Å²) in [6.07, 6.45) is 1.69. The van der Waals surface area contributed by atoms with Crippen LogP contribution in [0.25, 0.3) is 22.1 Å². The molecule has 0 spiro atoms. The van der Waals surface area contributed by atoms with E-state index in [4.69, 9.17) is 0 Å². The van der Waals surface area contributed by atoms with Crippen LogP contribution >= 0.6 is 0 Å². The lowest BCUT2D eigenvalue weighted by atomic mass is 10.1. The maximum atomic E-state index is 12.8. The van der Waals surface area contributed by atoms with Crippen molar-refractivity contribution in [1.82, 2.24) is 35.3 Å². The second-order valence-corrected chi connectivity index (χ2v) is 5.98. The van der Waals surface area contributed by atoms with Crippen molar-refractivity contribution >= 4 is 28.0 Å². The minimum absolute atomic E-state index is 0.168. The summed E-state index contributed by atoms with van der Waals surface area (Å²) in [6, 6.07) is 5.56. The van der Waals surface area contributed by atoms with Gasteiger partial charge in [0, 0.05) is 24.3 Å². The summed E-state index contributed by atoms with van der Waals surface area (Å²) in [7, 11) is 1.83. The first-order chi connectivity index (χ1) is 12.0. The van der Waals surface area contributed by atoms with Crippen molar-refractivity contribution in [3.05, 3.63) is 47.0 Å². The normalized spacial score (nSPS) is 11.3. The summed E-state index contributed by atoms with van der Waals surface area (Å²) >= 11 is 0. The number of aromatic amines is 1. The number of carbonyl (C=O) groups is 1. The van der Waals surface area contributed by atoms with Gasteiger partial charge in [0.05, 0.1) is 28.9 Å². The van der Waals surface area contributed by atoms with Crippen molar-refractivity contribution in [2.45, 2.75) is 20.4 Å². The van der Waals surface area contributed by atoms with Gasteiger partial charge in [-0.05, 0) is 32.0 Å². The van der Waals surface area contributed by atoms with Gasteiger partial charge in [-0.3, -0.25) is 14.6 Å². The molecule has 126 valence electrons. The van der Waals surface area contributed by atoms with E-state index < -0.39 is 0 Å². The van der Waals surface area contributed by atoms with Crippen LogP contribution in [0.5, 0.6) is 0 Å². The number of carbonyl (C=O) groups excluding carboxylic acids is 1. The topological polar surface area (TPSA) is 101 Å². The van der Waals surface area contributed by atoms with Gasteiger partial charge in [-0.2, -0.15) is 10.2 Å². The van der Waals surface area contributed by atoms with Crippen LogP contribution in [0.1, 0.15) is 27.4 Å². The van der Waals surface area contributed by atoms with Crippen LogP contribution < -0.4 is 5.32 Å². The first-order valence-corrected chi connectivity index (χ1v) is 7.91. The quantitative estimate of drug-likeness (QED) is 0.594. The molecule has 0 saturated heterocycles. The molecule has 4 rings (SSSR count). The van der Waals surface area contributed by atoms with Crippen LogP contribution in [0, 0.1) is 13.8 Å². The number of aryl methyl sites for hydroxylation is 3. The molecule has 2 N–H and O–H groups in total. The predicted octanol–water partition coefficient (Wildman–Crippen LogP) is 1.79. The molecule has 8 heteroatoms. The SMILES string of the molecule is Cc1cc(C(=O)NCc2[nH]nc3ncccc23)c2c(C)nn(C)c2n1. The second kappa shape index (κ2) is 5.66. The maximum Gasteiger partial charge on any atom is 0.252 e. The summed E-state index contributed by atoms with van der Waals surface area (Å²) in [5.74, 6) is -0.168. The lowest BCUT2D eigenvalue weighted by Gasteiger charge is -2.07. The fourth-order valence-corrected chi connectivity index (χ4v) is 3.05. The number of amides is 1. The van der Waals surface area contributed by atoms with Crippen LogP contribution in [0.2, 0.25) is 0 Å². The zero-order chi connectivity index (χ0) is 17.6. The Kier molecular flexibility index (Phi) is 3.45. The summed E-state index contributed by atoms with van der Waals surface area (Å²) in [6.45, 7) is 4.08. The molecule has 0 aromatic carbocycles. The van der Waals surface area contributed by atoms with Gasteiger partial charge in [0.2, 0.25) is 0 Å². The van der Waals surface area contributed by atoms with E-state index >= 15 is 0 Å². The van der Waals surface area contributed by atoms with Crippen LogP contribution in [0.15, 0.2) is 24.4 Å². The van der Waals surface area contributed by atoms with Crippen LogP contribution in [0.3, 0.4) is 0 Å². The summed E-state index contributed by atoms with van der Waals surface area (Å²) in [4.78, 5) is 21.4. The zero-order valence-electron chi connectivity index (χ0n) is 14.2. The first kappa shape index (κ1) is 15.3. The fourth-order valence-electron chi connectivity index (χ4n) is 3.05. The smallest absolute Gasteiger partial charge is 0.252 e. The van der Waals surface area contributed by atoms with E-state index in [1.165, 1.54) is 0 Å². The third-order valence-electron chi connectivity index (χ3n) is 4.18.